The topological polar surface area (TPSA) is 88.6 Å². The minimum atomic E-state index is 0.568. The molecule has 0 aliphatic heterocycles. The second kappa shape index (κ2) is 6.00. The predicted octanol–water partition coefficient (Wildman–Crippen LogP) is 1.88. The lowest BCUT2D eigenvalue weighted by Crippen LogP contribution is -2.02. The Labute approximate surface area is 121 Å². The van der Waals surface area contributed by atoms with Crippen molar-refractivity contribution in [1.82, 2.24) is 25.6 Å². The highest BCUT2D eigenvalue weighted by Gasteiger charge is 2.04. The third-order valence-corrected chi connectivity index (χ3v) is 2.93. The summed E-state index contributed by atoms with van der Waals surface area (Å²) in [4.78, 5) is 4.35. The number of methoxy groups -OCH3 is 1. The van der Waals surface area contributed by atoms with Crippen molar-refractivity contribution in [2.24, 2.45) is 0 Å². The van der Waals surface area contributed by atoms with Gasteiger partial charge >= 0.3 is 0 Å². The van der Waals surface area contributed by atoms with Gasteiger partial charge in [-0.2, -0.15) is 5.21 Å². The lowest BCUT2D eigenvalue weighted by molar-refractivity contribution is 0.396. The number of benzene rings is 1. The molecule has 0 bridgehead atoms. The summed E-state index contributed by atoms with van der Waals surface area (Å²) in [7, 11) is 1.61. The first-order valence-electron chi connectivity index (χ1n) is 6.43. The normalized spacial score (nSPS) is 10.3. The molecule has 106 valence electrons. The molecule has 7 heteroatoms. The van der Waals surface area contributed by atoms with Gasteiger partial charge in [-0.15, -0.1) is 10.2 Å². The van der Waals surface area contributed by atoms with E-state index in [4.69, 9.17) is 4.74 Å². The zero-order valence-corrected chi connectivity index (χ0v) is 11.4. The highest BCUT2D eigenvalue weighted by Crippen LogP contribution is 2.19. The Kier molecular flexibility index (Phi) is 3.72. The molecule has 0 saturated carbocycles. The number of aromatic amines is 1. The molecule has 0 amide bonds. The standard InChI is InChI=1S/C14H14N6O/c1-21-13-7-3-6-12(16-13)9-15-11-5-2-4-10(8-11)14-17-19-20-18-14/h2-8,15H,9H2,1H3,(H,17,18,19,20). The SMILES string of the molecule is COc1cccc(CNc2cccc(-c3nn[nH]n3)c2)n1. The molecule has 0 atom stereocenters. The Morgan fingerprint density at radius 2 is 2.10 bits per heavy atom. The Morgan fingerprint density at radius 3 is 2.90 bits per heavy atom. The number of hydrogen-bond acceptors (Lipinski definition) is 6. The van der Waals surface area contributed by atoms with Gasteiger partial charge in [0.25, 0.3) is 0 Å². The average Bonchev–Trinajstić information content (AvgIpc) is 3.08. The molecule has 0 saturated heterocycles. The van der Waals surface area contributed by atoms with Crippen LogP contribution >= 0.6 is 0 Å². The van der Waals surface area contributed by atoms with Crippen LogP contribution in [0, 0.1) is 0 Å². The zero-order valence-electron chi connectivity index (χ0n) is 11.4. The first-order chi connectivity index (χ1) is 10.3. The van der Waals surface area contributed by atoms with E-state index >= 15 is 0 Å². The first kappa shape index (κ1) is 13.0. The average molecular weight is 282 g/mol. The van der Waals surface area contributed by atoms with Crippen LogP contribution in [-0.2, 0) is 6.54 Å². The van der Waals surface area contributed by atoms with Crippen molar-refractivity contribution in [2.75, 3.05) is 12.4 Å². The van der Waals surface area contributed by atoms with Crippen molar-refractivity contribution in [3.8, 4) is 17.3 Å². The van der Waals surface area contributed by atoms with E-state index in [9.17, 15) is 0 Å². The molecule has 0 radical (unpaired) electrons. The van der Waals surface area contributed by atoms with Crippen molar-refractivity contribution < 1.29 is 4.74 Å². The molecule has 3 aromatic rings. The second-order valence-corrected chi connectivity index (χ2v) is 4.34. The summed E-state index contributed by atoms with van der Waals surface area (Å²) < 4.78 is 5.11. The number of H-pyrrole nitrogens is 1. The summed E-state index contributed by atoms with van der Waals surface area (Å²) in [5, 5.41) is 17.2. The number of hydrogen-bond donors (Lipinski definition) is 2. The van der Waals surface area contributed by atoms with Crippen molar-refractivity contribution in [3.63, 3.8) is 0 Å². The summed E-state index contributed by atoms with van der Waals surface area (Å²) in [6, 6.07) is 13.5. The van der Waals surface area contributed by atoms with Gasteiger partial charge in [0.1, 0.15) is 0 Å². The van der Waals surface area contributed by atoms with Crippen molar-refractivity contribution in [2.45, 2.75) is 6.54 Å². The van der Waals surface area contributed by atoms with Crippen LogP contribution in [0.5, 0.6) is 5.88 Å². The summed E-state index contributed by atoms with van der Waals surface area (Å²) in [5.41, 5.74) is 2.76. The molecule has 2 aromatic heterocycles. The van der Waals surface area contributed by atoms with Crippen LogP contribution in [0.25, 0.3) is 11.4 Å². The Bertz CT molecular complexity index is 713. The number of aromatic nitrogens is 5. The number of nitrogens with zero attached hydrogens (tertiary/aromatic N) is 4. The third kappa shape index (κ3) is 3.14. The number of nitrogens with one attached hydrogen (secondary N) is 2. The lowest BCUT2D eigenvalue weighted by atomic mass is 10.2. The van der Waals surface area contributed by atoms with Gasteiger partial charge in [0, 0.05) is 17.3 Å². The van der Waals surface area contributed by atoms with Crippen molar-refractivity contribution >= 4 is 5.69 Å². The van der Waals surface area contributed by atoms with Crippen LogP contribution in [0.15, 0.2) is 42.5 Å². The van der Waals surface area contributed by atoms with E-state index in [2.05, 4.69) is 30.9 Å². The molecular weight excluding hydrogens is 268 g/mol. The maximum Gasteiger partial charge on any atom is 0.213 e. The minimum Gasteiger partial charge on any atom is -0.481 e. The first-order valence-corrected chi connectivity index (χ1v) is 6.43. The summed E-state index contributed by atoms with van der Waals surface area (Å²) >= 11 is 0. The van der Waals surface area contributed by atoms with Crippen molar-refractivity contribution in [1.29, 1.82) is 0 Å². The van der Waals surface area contributed by atoms with E-state index in [0.29, 0.717) is 18.2 Å². The monoisotopic (exact) mass is 282 g/mol. The van der Waals surface area contributed by atoms with E-state index in [-0.39, 0.29) is 0 Å². The van der Waals surface area contributed by atoms with Crippen LogP contribution < -0.4 is 10.1 Å². The second-order valence-electron chi connectivity index (χ2n) is 4.34. The Hall–Kier alpha value is -2.96. The lowest BCUT2D eigenvalue weighted by Gasteiger charge is -2.08. The van der Waals surface area contributed by atoms with E-state index in [1.54, 1.807) is 7.11 Å². The zero-order chi connectivity index (χ0) is 14.5. The molecular formula is C14H14N6O. The maximum atomic E-state index is 5.11. The highest BCUT2D eigenvalue weighted by atomic mass is 16.5. The van der Waals surface area contributed by atoms with E-state index in [1.165, 1.54) is 0 Å². The van der Waals surface area contributed by atoms with Gasteiger partial charge in [0.15, 0.2) is 0 Å². The Balaban J connectivity index is 1.72. The predicted molar refractivity (Wildman–Crippen MR) is 77.7 cm³/mol. The fraction of sp³-hybridized carbons (Fsp3) is 0.143. The molecule has 0 unspecified atom stereocenters. The number of ether oxygens (including phenoxy) is 1. The molecule has 0 spiro atoms. The van der Waals surface area contributed by atoms with Gasteiger partial charge < -0.3 is 10.1 Å². The quantitative estimate of drug-likeness (QED) is 0.742. The number of tetrazole rings is 1. The molecule has 0 fully saturated rings. The highest BCUT2D eigenvalue weighted by molar-refractivity contribution is 5.61. The molecule has 7 nitrogen and oxygen atoms in total. The molecule has 1 aromatic carbocycles. The van der Waals surface area contributed by atoms with Gasteiger partial charge in [0.05, 0.1) is 19.3 Å². The summed E-state index contributed by atoms with van der Waals surface area (Å²) in [6.45, 7) is 0.604. The number of pyridine rings is 1. The minimum absolute atomic E-state index is 0.568. The van der Waals surface area contributed by atoms with Crippen molar-refractivity contribution in [3.05, 3.63) is 48.2 Å². The summed E-state index contributed by atoms with van der Waals surface area (Å²) in [6.07, 6.45) is 0. The summed E-state index contributed by atoms with van der Waals surface area (Å²) in [5.74, 6) is 1.17. The van der Waals surface area contributed by atoms with Gasteiger partial charge in [-0.3, -0.25) is 0 Å². The van der Waals surface area contributed by atoms with E-state index < -0.39 is 0 Å². The van der Waals surface area contributed by atoms with E-state index in [1.807, 2.05) is 42.5 Å². The molecule has 0 aliphatic rings. The fourth-order valence-corrected chi connectivity index (χ4v) is 1.91. The largest absolute Gasteiger partial charge is 0.481 e. The molecule has 0 aliphatic carbocycles. The molecule has 2 heterocycles. The Morgan fingerprint density at radius 1 is 1.19 bits per heavy atom. The smallest absolute Gasteiger partial charge is 0.213 e. The molecule has 2 N–H and O–H groups in total. The number of rotatable bonds is 5. The van der Waals surface area contributed by atoms with Crippen LogP contribution in [0.1, 0.15) is 5.69 Å². The third-order valence-electron chi connectivity index (χ3n) is 2.93. The van der Waals surface area contributed by atoms with Gasteiger partial charge in [-0.25, -0.2) is 4.98 Å². The molecule has 21 heavy (non-hydrogen) atoms. The molecule has 3 rings (SSSR count). The van der Waals surface area contributed by atoms with E-state index in [0.717, 1.165) is 16.9 Å². The fourth-order valence-electron chi connectivity index (χ4n) is 1.91. The van der Waals surface area contributed by atoms with Gasteiger partial charge in [-0.1, -0.05) is 18.2 Å². The van der Waals surface area contributed by atoms with Crippen LogP contribution in [-0.4, -0.2) is 32.7 Å². The maximum absolute atomic E-state index is 5.11. The van der Waals surface area contributed by atoms with Crippen LogP contribution in [0.4, 0.5) is 5.69 Å². The van der Waals surface area contributed by atoms with Gasteiger partial charge in [-0.05, 0) is 23.4 Å². The van der Waals surface area contributed by atoms with Gasteiger partial charge in [0.2, 0.25) is 11.7 Å². The van der Waals surface area contributed by atoms with Crippen LogP contribution in [0.3, 0.4) is 0 Å². The van der Waals surface area contributed by atoms with Crippen LogP contribution in [0.2, 0.25) is 0 Å². The number of anilines is 1.